The molecule has 1 atom stereocenters. The van der Waals surface area contributed by atoms with Crippen molar-refractivity contribution in [3.05, 3.63) is 57.8 Å². The zero-order chi connectivity index (χ0) is 17.1. The van der Waals surface area contributed by atoms with Gasteiger partial charge in [-0.3, -0.25) is 14.9 Å². The number of primary amides is 1. The average Bonchev–Trinajstić information content (AvgIpc) is 2.59. The third kappa shape index (κ3) is 3.12. The Morgan fingerprint density at radius 1 is 1.46 bits per heavy atom. The number of carbonyl (C=O) groups is 1. The lowest BCUT2D eigenvalue weighted by Gasteiger charge is -2.26. The quantitative estimate of drug-likeness (QED) is 0.640. The maximum Gasteiger partial charge on any atom is 0.288 e. The van der Waals surface area contributed by atoms with Crippen LogP contribution in [-0.4, -0.2) is 29.0 Å². The molecule has 3 N–H and O–H groups in total. The molecule has 1 aromatic heterocycles. The summed E-state index contributed by atoms with van der Waals surface area (Å²) in [6.07, 6.45) is 1.93. The minimum Gasteiger partial charge on any atom is -0.493 e. The predicted molar refractivity (Wildman–Crippen MR) is 87.2 cm³/mol. The van der Waals surface area contributed by atoms with Gasteiger partial charge in [-0.05, 0) is 18.1 Å². The minimum absolute atomic E-state index is 0.00421. The molecule has 0 bridgehead atoms. The number of nitrogens with one attached hydrogen (secondary N) is 1. The Morgan fingerprint density at radius 3 is 3.00 bits per heavy atom. The number of anilines is 1. The lowest BCUT2D eigenvalue weighted by Crippen LogP contribution is -2.23. The summed E-state index contributed by atoms with van der Waals surface area (Å²) in [5.41, 5.74) is 6.12. The molecule has 0 radical (unpaired) electrons. The highest BCUT2D eigenvalue weighted by Crippen LogP contribution is 2.33. The second kappa shape index (κ2) is 6.53. The highest BCUT2D eigenvalue weighted by molar-refractivity contribution is 5.98. The Bertz CT molecular complexity index is 793. The van der Waals surface area contributed by atoms with Crippen molar-refractivity contribution in [3.8, 4) is 5.75 Å². The molecule has 3 rings (SSSR count). The number of benzene rings is 1. The van der Waals surface area contributed by atoms with Crippen LogP contribution in [0.3, 0.4) is 0 Å². The van der Waals surface area contributed by atoms with Crippen LogP contribution in [0.2, 0.25) is 0 Å². The van der Waals surface area contributed by atoms with Crippen LogP contribution in [0.15, 0.2) is 36.5 Å². The van der Waals surface area contributed by atoms with Gasteiger partial charge in [0.2, 0.25) is 0 Å². The van der Waals surface area contributed by atoms with Crippen molar-refractivity contribution >= 4 is 17.4 Å². The van der Waals surface area contributed by atoms with Crippen LogP contribution in [0, 0.1) is 10.1 Å². The van der Waals surface area contributed by atoms with Crippen molar-refractivity contribution in [2.24, 2.45) is 5.73 Å². The first kappa shape index (κ1) is 15.7. The highest BCUT2D eigenvalue weighted by Gasteiger charge is 2.22. The molecule has 2 aromatic rings. The monoisotopic (exact) mass is 328 g/mol. The van der Waals surface area contributed by atoms with E-state index < -0.39 is 10.8 Å². The van der Waals surface area contributed by atoms with Gasteiger partial charge in [-0.1, -0.05) is 18.2 Å². The maximum atomic E-state index is 11.5. The first-order chi connectivity index (χ1) is 11.6. The molecule has 8 heteroatoms. The number of nitro groups is 1. The summed E-state index contributed by atoms with van der Waals surface area (Å²) in [4.78, 5) is 25.7. The van der Waals surface area contributed by atoms with Gasteiger partial charge in [-0.2, -0.15) is 0 Å². The van der Waals surface area contributed by atoms with Crippen LogP contribution in [-0.2, 0) is 0 Å². The fourth-order valence-electron chi connectivity index (χ4n) is 2.73. The van der Waals surface area contributed by atoms with Crippen LogP contribution < -0.4 is 15.8 Å². The van der Waals surface area contributed by atoms with Gasteiger partial charge in [0.25, 0.3) is 11.6 Å². The summed E-state index contributed by atoms with van der Waals surface area (Å²) in [7, 11) is 0. The lowest BCUT2D eigenvalue weighted by molar-refractivity contribution is -0.385. The van der Waals surface area contributed by atoms with Crippen molar-refractivity contribution in [2.75, 3.05) is 18.5 Å². The molecule has 1 aliphatic heterocycles. The number of para-hydroxylation sites is 1. The summed E-state index contributed by atoms with van der Waals surface area (Å²) < 4.78 is 5.62. The number of rotatable bonds is 5. The van der Waals surface area contributed by atoms with Gasteiger partial charge in [0.05, 0.1) is 17.1 Å². The fraction of sp³-hybridized carbons (Fsp3) is 0.250. The number of pyridine rings is 1. The largest absolute Gasteiger partial charge is 0.493 e. The second-order valence-electron chi connectivity index (χ2n) is 5.46. The highest BCUT2D eigenvalue weighted by atomic mass is 16.6. The van der Waals surface area contributed by atoms with Gasteiger partial charge in [0, 0.05) is 18.5 Å². The number of hydrogen-bond donors (Lipinski definition) is 2. The van der Waals surface area contributed by atoms with Crippen molar-refractivity contribution < 1.29 is 14.5 Å². The maximum absolute atomic E-state index is 11.5. The van der Waals surface area contributed by atoms with Crippen LogP contribution in [0.4, 0.5) is 11.5 Å². The molecule has 1 aliphatic rings. The van der Waals surface area contributed by atoms with Crippen molar-refractivity contribution in [1.29, 1.82) is 0 Å². The Hall–Kier alpha value is -3.16. The third-order valence-electron chi connectivity index (χ3n) is 3.95. The van der Waals surface area contributed by atoms with Crippen LogP contribution in [0.25, 0.3) is 0 Å². The van der Waals surface area contributed by atoms with E-state index in [4.69, 9.17) is 10.5 Å². The van der Waals surface area contributed by atoms with Crippen molar-refractivity contribution in [1.82, 2.24) is 4.98 Å². The number of carbonyl (C=O) groups excluding carboxylic acids is 1. The number of hydrogen-bond acceptors (Lipinski definition) is 6. The fourth-order valence-corrected chi connectivity index (χ4v) is 2.73. The van der Waals surface area contributed by atoms with Gasteiger partial charge in [0.1, 0.15) is 17.8 Å². The molecular formula is C16H16N4O4. The number of amides is 1. The van der Waals surface area contributed by atoms with E-state index in [9.17, 15) is 14.9 Å². The van der Waals surface area contributed by atoms with E-state index in [-0.39, 0.29) is 23.0 Å². The van der Waals surface area contributed by atoms with E-state index in [1.807, 2.05) is 24.3 Å². The number of fused-ring (bicyclic) bond motifs is 1. The third-order valence-corrected chi connectivity index (χ3v) is 3.95. The van der Waals surface area contributed by atoms with E-state index in [2.05, 4.69) is 10.3 Å². The number of nitrogens with zero attached hydrogens (tertiary/aromatic N) is 2. The molecule has 0 fully saturated rings. The van der Waals surface area contributed by atoms with Crippen LogP contribution in [0.1, 0.15) is 28.3 Å². The molecule has 0 saturated carbocycles. The smallest absolute Gasteiger partial charge is 0.288 e. The van der Waals surface area contributed by atoms with Gasteiger partial charge < -0.3 is 15.8 Å². The van der Waals surface area contributed by atoms with Crippen LogP contribution >= 0.6 is 0 Å². The van der Waals surface area contributed by atoms with Gasteiger partial charge in [-0.15, -0.1) is 0 Å². The van der Waals surface area contributed by atoms with Crippen LogP contribution in [0.5, 0.6) is 5.75 Å². The Balaban J connectivity index is 1.80. The topological polar surface area (TPSA) is 120 Å². The molecule has 2 heterocycles. The molecular weight excluding hydrogens is 312 g/mol. The van der Waals surface area contributed by atoms with Gasteiger partial charge in [0.15, 0.2) is 0 Å². The molecule has 1 aromatic carbocycles. The van der Waals surface area contributed by atoms with Crippen molar-refractivity contribution in [2.45, 2.75) is 12.3 Å². The first-order valence-electron chi connectivity index (χ1n) is 7.46. The molecule has 0 saturated heterocycles. The van der Waals surface area contributed by atoms with Gasteiger partial charge in [-0.25, -0.2) is 4.98 Å². The average molecular weight is 328 g/mol. The zero-order valence-electron chi connectivity index (χ0n) is 12.8. The number of ether oxygens (including phenoxy) is 1. The Kier molecular flexibility index (Phi) is 4.28. The molecule has 0 aliphatic carbocycles. The van der Waals surface area contributed by atoms with E-state index >= 15 is 0 Å². The molecule has 8 nitrogen and oxygen atoms in total. The summed E-state index contributed by atoms with van der Waals surface area (Å²) in [5.74, 6) is 0.521. The van der Waals surface area contributed by atoms with E-state index in [1.165, 1.54) is 0 Å². The first-order valence-corrected chi connectivity index (χ1v) is 7.46. The predicted octanol–water partition coefficient (Wildman–Crippen LogP) is 2.07. The molecule has 124 valence electrons. The normalized spacial score (nSPS) is 15.9. The molecule has 1 amide bonds. The van der Waals surface area contributed by atoms with E-state index in [0.29, 0.717) is 13.2 Å². The summed E-state index contributed by atoms with van der Waals surface area (Å²) in [6, 6.07) is 8.91. The molecule has 1 unspecified atom stereocenters. The SMILES string of the molecule is NC(=O)c1cc([N+](=O)[O-])cnc1NCC1CCOc2ccccc21. The lowest BCUT2D eigenvalue weighted by atomic mass is 9.93. The molecule has 24 heavy (non-hydrogen) atoms. The summed E-state index contributed by atoms with van der Waals surface area (Å²) >= 11 is 0. The second-order valence-corrected chi connectivity index (χ2v) is 5.46. The van der Waals surface area contributed by atoms with E-state index in [1.54, 1.807) is 0 Å². The summed E-state index contributed by atoms with van der Waals surface area (Å²) in [5, 5.41) is 13.9. The zero-order valence-corrected chi connectivity index (χ0v) is 12.8. The Labute approximate surface area is 137 Å². The molecule has 0 spiro atoms. The number of aromatic nitrogens is 1. The summed E-state index contributed by atoms with van der Waals surface area (Å²) in [6.45, 7) is 1.13. The van der Waals surface area contributed by atoms with E-state index in [0.717, 1.165) is 30.0 Å². The minimum atomic E-state index is -0.763. The van der Waals surface area contributed by atoms with Crippen molar-refractivity contribution in [3.63, 3.8) is 0 Å². The standard InChI is InChI=1S/C16H16N4O4/c17-15(21)13-7-11(20(22)23)9-19-16(13)18-8-10-5-6-24-14-4-2-1-3-12(10)14/h1-4,7,9-10H,5-6,8H2,(H2,17,21)(H,18,19). The van der Waals surface area contributed by atoms with Gasteiger partial charge >= 0.3 is 0 Å². The number of nitrogens with two attached hydrogens (primary N) is 1. The Morgan fingerprint density at radius 2 is 2.25 bits per heavy atom.